The Kier molecular flexibility index (Phi) is 2.35. The predicted octanol–water partition coefficient (Wildman–Crippen LogP) is 0.916. The third-order valence-corrected chi connectivity index (χ3v) is 4.74. The topological polar surface area (TPSA) is 87.6 Å². The number of carbonyl (C=O) groups excluding carboxylic acids is 2. The molecular formula is C12H12N2O4S. The van der Waals surface area contributed by atoms with Crippen LogP contribution in [0.2, 0.25) is 0 Å². The van der Waals surface area contributed by atoms with Gasteiger partial charge in [-0.1, -0.05) is 13.8 Å². The fourth-order valence-corrected chi connectivity index (χ4v) is 3.60. The van der Waals surface area contributed by atoms with Gasteiger partial charge in [-0.15, -0.1) is 11.3 Å². The van der Waals surface area contributed by atoms with E-state index in [0.717, 1.165) is 16.2 Å². The van der Waals surface area contributed by atoms with Gasteiger partial charge in [0.1, 0.15) is 0 Å². The van der Waals surface area contributed by atoms with E-state index in [2.05, 4.69) is 4.98 Å². The quantitative estimate of drug-likeness (QED) is 0.832. The van der Waals surface area contributed by atoms with E-state index in [9.17, 15) is 14.4 Å². The average Bonchev–Trinajstić information content (AvgIpc) is 2.59. The standard InChI is InChI=1S/C12H12N2O4S/c1-12(2)7-8(12)10(18)14(9(7)17)11-13-5(4-19-11)3-6(15)16/h4,7-8H,3H2,1-2H3,(H,15,16). The molecule has 100 valence electrons. The highest BCUT2D eigenvalue weighted by Gasteiger charge is 2.73. The van der Waals surface area contributed by atoms with E-state index >= 15 is 0 Å². The lowest BCUT2D eigenvalue weighted by Crippen LogP contribution is -2.36. The SMILES string of the molecule is CC1(C)C2C(=O)N(c3nc(CC(=O)O)cs3)C(=O)C21. The number of aliphatic carboxylic acids is 1. The first-order valence-corrected chi connectivity index (χ1v) is 6.76. The molecule has 3 rings (SSSR count). The van der Waals surface area contributed by atoms with Gasteiger partial charge in [0.25, 0.3) is 0 Å². The number of anilines is 1. The lowest BCUT2D eigenvalue weighted by Gasteiger charge is -2.17. The number of carboxylic acids is 1. The molecule has 0 spiro atoms. The molecule has 6 nitrogen and oxygen atoms in total. The van der Waals surface area contributed by atoms with E-state index < -0.39 is 5.97 Å². The summed E-state index contributed by atoms with van der Waals surface area (Å²) in [6.07, 6.45) is -0.203. The monoisotopic (exact) mass is 280 g/mol. The Morgan fingerprint density at radius 2 is 2.00 bits per heavy atom. The molecule has 1 aliphatic carbocycles. The van der Waals surface area contributed by atoms with Crippen molar-refractivity contribution in [1.29, 1.82) is 0 Å². The van der Waals surface area contributed by atoms with Gasteiger partial charge in [0.05, 0.1) is 24.0 Å². The lowest BCUT2D eigenvalue weighted by molar-refractivity contribution is -0.136. The summed E-state index contributed by atoms with van der Waals surface area (Å²) in [6.45, 7) is 3.82. The highest BCUT2D eigenvalue weighted by molar-refractivity contribution is 7.14. The van der Waals surface area contributed by atoms with Crippen LogP contribution in [0, 0.1) is 17.3 Å². The van der Waals surface area contributed by atoms with Crippen molar-refractivity contribution in [2.75, 3.05) is 4.90 Å². The molecule has 2 aliphatic rings. The Morgan fingerprint density at radius 3 is 2.53 bits per heavy atom. The molecule has 2 heterocycles. The number of aromatic nitrogens is 1. The fourth-order valence-electron chi connectivity index (χ4n) is 2.77. The Labute approximate surface area is 113 Å². The predicted molar refractivity (Wildman–Crippen MR) is 66.7 cm³/mol. The third-order valence-electron chi connectivity index (χ3n) is 3.86. The van der Waals surface area contributed by atoms with Crippen molar-refractivity contribution >= 4 is 34.3 Å². The molecule has 2 atom stereocenters. The number of hydrogen-bond donors (Lipinski definition) is 1. The minimum atomic E-state index is -0.986. The number of piperidine rings is 1. The number of fused-ring (bicyclic) bond motifs is 1. The average molecular weight is 280 g/mol. The summed E-state index contributed by atoms with van der Waals surface area (Å²) in [7, 11) is 0. The lowest BCUT2D eigenvalue weighted by atomic mass is 10.1. The van der Waals surface area contributed by atoms with E-state index in [1.165, 1.54) is 0 Å². The molecule has 2 fully saturated rings. The molecule has 0 bridgehead atoms. The van der Waals surface area contributed by atoms with Crippen LogP contribution in [0.1, 0.15) is 19.5 Å². The van der Waals surface area contributed by atoms with Gasteiger partial charge in [-0.2, -0.15) is 0 Å². The van der Waals surface area contributed by atoms with Gasteiger partial charge in [0.15, 0.2) is 5.13 Å². The molecular weight excluding hydrogens is 268 g/mol. The van der Waals surface area contributed by atoms with Crippen LogP contribution in [-0.2, 0) is 20.8 Å². The molecule has 1 aliphatic heterocycles. The highest BCUT2D eigenvalue weighted by atomic mass is 32.1. The summed E-state index contributed by atoms with van der Waals surface area (Å²) in [5.41, 5.74) is 0.124. The molecule has 1 saturated heterocycles. The minimum Gasteiger partial charge on any atom is -0.481 e. The van der Waals surface area contributed by atoms with Gasteiger partial charge in [-0.3, -0.25) is 14.4 Å². The third kappa shape index (κ3) is 1.61. The summed E-state index contributed by atoms with van der Waals surface area (Å²) in [4.78, 5) is 40.1. The first kappa shape index (κ1) is 12.3. The van der Waals surface area contributed by atoms with E-state index in [1.807, 2.05) is 13.8 Å². The van der Waals surface area contributed by atoms with Gasteiger partial charge in [-0.05, 0) is 5.41 Å². The first-order chi connectivity index (χ1) is 8.84. The molecule has 1 N–H and O–H groups in total. The number of amides is 2. The maximum atomic E-state index is 12.2. The number of imide groups is 1. The van der Waals surface area contributed by atoms with Crippen molar-refractivity contribution in [3.05, 3.63) is 11.1 Å². The Morgan fingerprint density at radius 1 is 1.42 bits per heavy atom. The van der Waals surface area contributed by atoms with Crippen LogP contribution in [0.4, 0.5) is 5.13 Å². The zero-order valence-corrected chi connectivity index (χ0v) is 11.2. The summed E-state index contributed by atoms with van der Waals surface area (Å²) >= 11 is 1.13. The molecule has 2 amide bonds. The summed E-state index contributed by atoms with van der Waals surface area (Å²) in [5, 5.41) is 10.5. The highest BCUT2D eigenvalue weighted by Crippen LogP contribution is 2.63. The number of nitrogens with zero attached hydrogens (tertiary/aromatic N) is 2. The molecule has 2 unspecified atom stereocenters. The smallest absolute Gasteiger partial charge is 0.309 e. The summed E-state index contributed by atoms with van der Waals surface area (Å²) in [6, 6.07) is 0. The molecule has 1 saturated carbocycles. The van der Waals surface area contributed by atoms with E-state index in [0.29, 0.717) is 5.69 Å². The van der Waals surface area contributed by atoms with Crippen molar-refractivity contribution in [2.45, 2.75) is 20.3 Å². The number of carbonyl (C=O) groups is 3. The summed E-state index contributed by atoms with van der Waals surface area (Å²) in [5.74, 6) is -1.90. The van der Waals surface area contributed by atoms with Gasteiger partial charge in [0, 0.05) is 5.38 Å². The van der Waals surface area contributed by atoms with Gasteiger partial charge in [0.2, 0.25) is 11.8 Å². The Balaban J connectivity index is 1.85. The molecule has 7 heteroatoms. The van der Waals surface area contributed by atoms with E-state index in [1.54, 1.807) is 5.38 Å². The van der Waals surface area contributed by atoms with Crippen molar-refractivity contribution < 1.29 is 19.5 Å². The van der Waals surface area contributed by atoms with Crippen LogP contribution >= 0.6 is 11.3 Å². The number of thiazole rings is 1. The van der Waals surface area contributed by atoms with Gasteiger partial charge >= 0.3 is 5.97 Å². The molecule has 1 aromatic rings. The number of rotatable bonds is 3. The second-order valence-corrected chi connectivity index (χ2v) is 6.32. The minimum absolute atomic E-state index is 0.203. The Hall–Kier alpha value is -1.76. The van der Waals surface area contributed by atoms with Crippen LogP contribution in [0.25, 0.3) is 0 Å². The van der Waals surface area contributed by atoms with Gasteiger partial charge < -0.3 is 5.11 Å². The number of hydrogen-bond acceptors (Lipinski definition) is 5. The molecule has 1 aromatic heterocycles. The van der Waals surface area contributed by atoms with Crippen molar-refractivity contribution in [3.63, 3.8) is 0 Å². The van der Waals surface area contributed by atoms with Crippen molar-refractivity contribution in [1.82, 2.24) is 4.98 Å². The second-order valence-electron chi connectivity index (χ2n) is 5.48. The normalized spacial score (nSPS) is 27.6. The zero-order chi connectivity index (χ0) is 13.9. The molecule has 0 aromatic carbocycles. The fraction of sp³-hybridized carbons (Fsp3) is 0.500. The maximum Gasteiger partial charge on any atom is 0.309 e. The number of carboxylic acid groups (broad SMARTS) is 1. The van der Waals surface area contributed by atoms with Gasteiger partial charge in [-0.25, -0.2) is 9.88 Å². The maximum absolute atomic E-state index is 12.2. The van der Waals surface area contributed by atoms with E-state index in [-0.39, 0.29) is 40.6 Å². The first-order valence-electron chi connectivity index (χ1n) is 5.88. The van der Waals surface area contributed by atoms with Crippen molar-refractivity contribution in [3.8, 4) is 0 Å². The molecule has 19 heavy (non-hydrogen) atoms. The Bertz CT molecular complexity index is 583. The van der Waals surface area contributed by atoms with Crippen LogP contribution in [-0.4, -0.2) is 27.9 Å². The van der Waals surface area contributed by atoms with E-state index in [4.69, 9.17) is 5.11 Å². The largest absolute Gasteiger partial charge is 0.481 e. The van der Waals surface area contributed by atoms with Crippen LogP contribution in [0.5, 0.6) is 0 Å². The summed E-state index contributed by atoms with van der Waals surface area (Å²) < 4.78 is 0. The molecule has 0 radical (unpaired) electrons. The van der Waals surface area contributed by atoms with Crippen LogP contribution in [0.3, 0.4) is 0 Å². The van der Waals surface area contributed by atoms with Crippen LogP contribution < -0.4 is 4.90 Å². The second kappa shape index (κ2) is 3.63. The van der Waals surface area contributed by atoms with Crippen molar-refractivity contribution in [2.24, 2.45) is 17.3 Å². The van der Waals surface area contributed by atoms with Crippen LogP contribution in [0.15, 0.2) is 5.38 Å². The zero-order valence-electron chi connectivity index (χ0n) is 10.4.